The van der Waals surface area contributed by atoms with Crippen LogP contribution in [0.5, 0.6) is 0 Å². The van der Waals surface area contributed by atoms with Crippen molar-refractivity contribution in [1.82, 2.24) is 10.2 Å². The van der Waals surface area contributed by atoms with Crippen LogP contribution in [0.1, 0.15) is 6.92 Å². The summed E-state index contributed by atoms with van der Waals surface area (Å²) in [7, 11) is 3.76. The third-order valence-corrected chi connectivity index (χ3v) is 4.72. The zero-order valence-electron chi connectivity index (χ0n) is 11.9. The number of hydrogen-bond acceptors (Lipinski definition) is 8. The van der Waals surface area contributed by atoms with Crippen LogP contribution >= 0.6 is 23.1 Å². The third kappa shape index (κ3) is 3.61. The summed E-state index contributed by atoms with van der Waals surface area (Å²) >= 11 is 2.66. The Morgan fingerprint density at radius 3 is 2.76 bits per heavy atom. The van der Waals surface area contributed by atoms with Crippen molar-refractivity contribution in [3.63, 3.8) is 0 Å². The van der Waals surface area contributed by atoms with Gasteiger partial charge < -0.3 is 10.2 Å². The lowest BCUT2D eigenvalue weighted by Crippen LogP contribution is -2.07. The van der Waals surface area contributed by atoms with Crippen LogP contribution in [0.25, 0.3) is 0 Å². The van der Waals surface area contributed by atoms with Crippen LogP contribution in [-0.4, -0.2) is 35.8 Å². The second-order valence-corrected chi connectivity index (χ2v) is 6.53. The molecule has 0 aliphatic rings. The van der Waals surface area contributed by atoms with Gasteiger partial charge in [0.25, 0.3) is 0 Å². The van der Waals surface area contributed by atoms with Gasteiger partial charge >= 0.3 is 5.69 Å². The Morgan fingerprint density at radius 1 is 1.43 bits per heavy atom. The molecule has 0 fully saturated rings. The molecule has 0 saturated heterocycles. The van der Waals surface area contributed by atoms with Gasteiger partial charge in [-0.2, -0.15) is 0 Å². The lowest BCUT2D eigenvalue weighted by atomic mass is 10.2. The first kappa shape index (κ1) is 15.5. The molecule has 1 aromatic heterocycles. The Labute approximate surface area is 130 Å². The summed E-state index contributed by atoms with van der Waals surface area (Å²) in [6, 6.07) is 5.22. The molecule has 2 aromatic rings. The fourth-order valence-electron chi connectivity index (χ4n) is 1.64. The van der Waals surface area contributed by atoms with Crippen LogP contribution < -0.4 is 10.2 Å². The Morgan fingerprint density at radius 2 is 2.19 bits per heavy atom. The van der Waals surface area contributed by atoms with E-state index in [9.17, 15) is 10.1 Å². The molecular formula is C12H15N5O2S2. The van der Waals surface area contributed by atoms with Gasteiger partial charge in [0.1, 0.15) is 5.69 Å². The van der Waals surface area contributed by atoms with E-state index >= 15 is 0 Å². The van der Waals surface area contributed by atoms with E-state index in [1.165, 1.54) is 23.1 Å². The highest BCUT2D eigenvalue weighted by Gasteiger charge is 2.21. The van der Waals surface area contributed by atoms with Gasteiger partial charge in [0.2, 0.25) is 5.13 Å². The van der Waals surface area contributed by atoms with Crippen LogP contribution in [0.2, 0.25) is 0 Å². The lowest BCUT2D eigenvalue weighted by Gasteiger charge is -2.07. The molecular weight excluding hydrogens is 310 g/mol. The van der Waals surface area contributed by atoms with Crippen molar-refractivity contribution in [2.45, 2.75) is 16.2 Å². The summed E-state index contributed by atoms with van der Waals surface area (Å²) in [6.45, 7) is 2.52. The van der Waals surface area contributed by atoms with E-state index < -0.39 is 0 Å². The Kier molecular flexibility index (Phi) is 4.97. The highest BCUT2D eigenvalue weighted by molar-refractivity contribution is 8.01. The number of nitro benzene ring substituents is 1. The molecule has 0 atom stereocenters. The molecule has 21 heavy (non-hydrogen) atoms. The molecule has 0 unspecified atom stereocenters. The molecule has 2 rings (SSSR count). The fraction of sp³-hybridized carbons (Fsp3) is 0.333. The molecule has 1 aromatic carbocycles. The van der Waals surface area contributed by atoms with E-state index in [2.05, 4.69) is 15.5 Å². The van der Waals surface area contributed by atoms with Crippen molar-refractivity contribution in [1.29, 1.82) is 0 Å². The molecule has 0 spiro atoms. The highest BCUT2D eigenvalue weighted by atomic mass is 32.2. The predicted octanol–water partition coefficient (Wildman–Crippen LogP) is 3.10. The number of rotatable bonds is 6. The van der Waals surface area contributed by atoms with Gasteiger partial charge in [0.15, 0.2) is 4.34 Å². The predicted molar refractivity (Wildman–Crippen MR) is 85.6 cm³/mol. The SMILES string of the molecule is CCNc1cccc(Sc2nnc(N(C)C)s2)c1[N+](=O)[O-]. The Balaban J connectivity index is 2.34. The molecule has 0 bridgehead atoms. The second kappa shape index (κ2) is 6.72. The van der Waals surface area contributed by atoms with E-state index in [4.69, 9.17) is 0 Å². The summed E-state index contributed by atoms with van der Waals surface area (Å²) in [5, 5.41) is 23.2. The van der Waals surface area contributed by atoms with E-state index in [-0.39, 0.29) is 10.6 Å². The van der Waals surface area contributed by atoms with E-state index in [1.54, 1.807) is 18.2 Å². The quantitative estimate of drug-likeness (QED) is 0.645. The second-order valence-electron chi connectivity index (χ2n) is 4.29. The van der Waals surface area contributed by atoms with Crippen LogP contribution in [0.4, 0.5) is 16.5 Å². The summed E-state index contributed by atoms with van der Waals surface area (Å²) < 4.78 is 0.676. The van der Waals surface area contributed by atoms with Gasteiger partial charge in [-0.05, 0) is 30.8 Å². The first-order chi connectivity index (χ1) is 10.0. The number of nitro groups is 1. The minimum absolute atomic E-state index is 0.0750. The maximum absolute atomic E-state index is 11.3. The fourth-order valence-corrected chi connectivity index (χ4v) is 3.50. The van der Waals surface area contributed by atoms with E-state index in [1.807, 2.05) is 25.9 Å². The molecule has 0 aliphatic heterocycles. The monoisotopic (exact) mass is 325 g/mol. The summed E-state index contributed by atoms with van der Waals surface area (Å²) in [5.41, 5.74) is 0.593. The van der Waals surface area contributed by atoms with Crippen LogP contribution in [0, 0.1) is 10.1 Å². The minimum Gasteiger partial charge on any atom is -0.380 e. The van der Waals surface area contributed by atoms with Gasteiger partial charge in [0.05, 0.1) is 9.82 Å². The summed E-state index contributed by atoms with van der Waals surface area (Å²) in [6.07, 6.45) is 0. The number of nitrogens with zero attached hydrogens (tertiary/aromatic N) is 4. The van der Waals surface area contributed by atoms with Gasteiger partial charge in [0, 0.05) is 20.6 Å². The molecule has 0 radical (unpaired) electrons. The number of para-hydroxylation sites is 1. The minimum atomic E-state index is -0.367. The normalized spacial score (nSPS) is 10.4. The molecule has 112 valence electrons. The number of hydrogen-bond donors (Lipinski definition) is 1. The van der Waals surface area contributed by atoms with Crippen LogP contribution in [0.15, 0.2) is 27.4 Å². The van der Waals surface area contributed by atoms with E-state index in [0.29, 0.717) is 21.5 Å². The van der Waals surface area contributed by atoms with Crippen molar-refractivity contribution in [2.75, 3.05) is 30.9 Å². The Hall–Kier alpha value is -1.87. The number of nitrogens with one attached hydrogen (secondary N) is 1. The average molecular weight is 325 g/mol. The summed E-state index contributed by atoms with van der Waals surface area (Å²) in [4.78, 5) is 13.4. The third-order valence-electron chi connectivity index (χ3n) is 2.52. The van der Waals surface area contributed by atoms with Crippen molar-refractivity contribution < 1.29 is 4.92 Å². The Bertz CT molecular complexity index is 644. The number of anilines is 2. The maximum atomic E-state index is 11.3. The van der Waals surface area contributed by atoms with Gasteiger partial charge in [-0.3, -0.25) is 10.1 Å². The maximum Gasteiger partial charge on any atom is 0.306 e. The zero-order chi connectivity index (χ0) is 15.4. The number of aromatic nitrogens is 2. The van der Waals surface area contributed by atoms with Gasteiger partial charge in [-0.15, -0.1) is 10.2 Å². The standard InChI is InChI=1S/C12H15N5O2S2/c1-4-13-8-6-5-7-9(10(8)17(18)19)20-12-15-14-11(21-12)16(2)3/h5-7,13H,4H2,1-3H3. The van der Waals surface area contributed by atoms with Gasteiger partial charge in [-0.25, -0.2) is 0 Å². The first-order valence-corrected chi connectivity index (χ1v) is 7.86. The van der Waals surface area contributed by atoms with Crippen molar-refractivity contribution in [2.24, 2.45) is 0 Å². The summed E-state index contributed by atoms with van der Waals surface area (Å²) in [5.74, 6) is 0. The molecule has 1 N–H and O–H groups in total. The van der Waals surface area contributed by atoms with Crippen molar-refractivity contribution in [3.05, 3.63) is 28.3 Å². The average Bonchev–Trinajstić information content (AvgIpc) is 2.87. The number of benzene rings is 1. The lowest BCUT2D eigenvalue weighted by molar-refractivity contribution is -0.386. The largest absolute Gasteiger partial charge is 0.380 e. The molecule has 0 aliphatic carbocycles. The molecule has 0 saturated carbocycles. The van der Waals surface area contributed by atoms with E-state index in [0.717, 1.165) is 5.13 Å². The highest BCUT2D eigenvalue weighted by Crippen LogP contribution is 2.40. The van der Waals surface area contributed by atoms with Crippen molar-refractivity contribution in [3.8, 4) is 0 Å². The molecule has 0 amide bonds. The molecule has 1 heterocycles. The smallest absolute Gasteiger partial charge is 0.306 e. The van der Waals surface area contributed by atoms with Gasteiger partial charge in [-0.1, -0.05) is 17.4 Å². The van der Waals surface area contributed by atoms with Crippen molar-refractivity contribution >= 4 is 39.6 Å². The first-order valence-electron chi connectivity index (χ1n) is 6.23. The van der Waals surface area contributed by atoms with Crippen LogP contribution in [0.3, 0.4) is 0 Å². The zero-order valence-corrected chi connectivity index (χ0v) is 13.5. The molecule has 7 nitrogen and oxygen atoms in total. The topological polar surface area (TPSA) is 84.2 Å². The molecule has 9 heteroatoms. The van der Waals surface area contributed by atoms with Crippen LogP contribution in [-0.2, 0) is 0 Å².